The van der Waals surface area contributed by atoms with Crippen LogP contribution in [0.3, 0.4) is 0 Å². The highest BCUT2D eigenvalue weighted by Crippen LogP contribution is 2.59. The van der Waals surface area contributed by atoms with Crippen molar-refractivity contribution in [2.45, 2.75) is 48.2 Å². The summed E-state index contributed by atoms with van der Waals surface area (Å²) in [5.74, 6) is -36.5. The van der Waals surface area contributed by atoms with Crippen LogP contribution in [-0.4, -0.2) is 156 Å². The minimum absolute atomic E-state index is 0.263. The van der Waals surface area contributed by atoms with Crippen molar-refractivity contribution >= 4 is 35.6 Å². The number of esters is 5. The van der Waals surface area contributed by atoms with Crippen LogP contribution in [0.2, 0.25) is 0 Å². The van der Waals surface area contributed by atoms with E-state index in [1.54, 1.807) is 0 Å². The van der Waals surface area contributed by atoms with Gasteiger partial charge >= 0.3 is 35.6 Å². The highest BCUT2D eigenvalue weighted by Gasteiger charge is 2.70. The smallest absolute Gasteiger partial charge is 0.341 e. The molecule has 27 nitrogen and oxygen atoms in total. The molecule has 0 amide bonds. The highest BCUT2D eigenvalue weighted by atomic mass is 16.8. The molecule has 354 valence electrons. The SMILES string of the molecule is O=C1O[C@H]2[C@H](OC(=O)c3cc(O)c(O)c(O)c3)[C@@H](OC(=O)c3cc(O)c(O)c4c3[C@@H]3C1=CC(=O)[C@](O)(O4)C3(O)O)[C@@H]1OC(=O)c3cc(O)c(O)c(O)c3-c3c(cc(O)c(O)c3O)C(=O)OC[C@H]2O1. The molecule has 1 aliphatic carbocycles. The van der Waals surface area contributed by atoms with Crippen molar-refractivity contribution in [3.8, 4) is 80.1 Å². The fourth-order valence-electron chi connectivity index (χ4n) is 8.25. The Morgan fingerprint density at radius 3 is 1.71 bits per heavy atom. The lowest BCUT2D eigenvalue weighted by Crippen LogP contribution is -2.70. The van der Waals surface area contributed by atoms with Gasteiger partial charge in [0.25, 0.3) is 5.79 Å². The van der Waals surface area contributed by atoms with E-state index in [0.717, 1.165) is 0 Å². The van der Waals surface area contributed by atoms with E-state index < -0.39 is 204 Å². The average Bonchev–Trinajstić information content (AvgIpc) is 3.28. The molecule has 9 rings (SSSR count). The van der Waals surface area contributed by atoms with E-state index in [0.29, 0.717) is 30.3 Å². The third-order valence-electron chi connectivity index (χ3n) is 11.5. The molecule has 7 atom stereocenters. The van der Waals surface area contributed by atoms with Crippen LogP contribution in [0.5, 0.6) is 69.0 Å². The largest absolute Gasteiger partial charge is 0.504 e. The van der Waals surface area contributed by atoms with Crippen LogP contribution in [-0.2, 0) is 38.0 Å². The number of benzene rings is 4. The minimum atomic E-state index is -3.98. The number of ether oxygens (including phenoxy) is 7. The van der Waals surface area contributed by atoms with Crippen molar-refractivity contribution in [1.82, 2.24) is 0 Å². The first-order valence-electron chi connectivity index (χ1n) is 19.1. The summed E-state index contributed by atoms with van der Waals surface area (Å²) in [7, 11) is 0. The van der Waals surface area contributed by atoms with E-state index >= 15 is 0 Å². The fraction of sp³-hybridized carbons (Fsp3) is 0.220. The van der Waals surface area contributed by atoms with Crippen LogP contribution in [0, 0.1) is 0 Å². The van der Waals surface area contributed by atoms with E-state index in [1.165, 1.54) is 0 Å². The maximum atomic E-state index is 14.6. The van der Waals surface area contributed by atoms with Gasteiger partial charge in [-0.05, 0) is 36.4 Å². The molecule has 4 heterocycles. The summed E-state index contributed by atoms with van der Waals surface area (Å²) in [6.07, 6.45) is -12.1. The number of phenols is 11. The zero-order chi connectivity index (χ0) is 49.4. The number of rotatable bonds is 2. The van der Waals surface area contributed by atoms with E-state index in [-0.39, 0.29) is 6.08 Å². The normalized spacial score (nSPS) is 25.7. The zero-order valence-corrected chi connectivity index (χ0v) is 33.2. The summed E-state index contributed by atoms with van der Waals surface area (Å²) in [6.45, 7) is -1.31. The molecule has 6 bridgehead atoms. The predicted octanol–water partition coefficient (Wildman–Crippen LogP) is -1.10. The Hall–Kier alpha value is -8.92. The Kier molecular flexibility index (Phi) is 9.64. The van der Waals surface area contributed by atoms with E-state index in [1.807, 2.05) is 0 Å². The molecule has 0 spiro atoms. The number of aromatic hydroxyl groups is 11. The Morgan fingerprint density at radius 1 is 0.588 bits per heavy atom. The monoisotopic (exact) mass is 952 g/mol. The number of phenolic OH excluding ortho intramolecular Hbond substituents is 11. The van der Waals surface area contributed by atoms with Crippen LogP contribution >= 0.6 is 0 Å². The first kappa shape index (κ1) is 44.3. The molecule has 4 aromatic carbocycles. The first-order valence-corrected chi connectivity index (χ1v) is 19.1. The summed E-state index contributed by atoms with van der Waals surface area (Å²) in [4.78, 5) is 84.8. The molecule has 0 unspecified atom stereocenters. The van der Waals surface area contributed by atoms with Crippen molar-refractivity contribution in [3.63, 3.8) is 0 Å². The number of carbonyl (C=O) groups excluding carboxylic acids is 6. The van der Waals surface area contributed by atoms with Crippen LogP contribution in [0.25, 0.3) is 11.1 Å². The van der Waals surface area contributed by atoms with Crippen LogP contribution in [0.15, 0.2) is 42.0 Å². The van der Waals surface area contributed by atoms with Gasteiger partial charge in [0.15, 0.2) is 64.0 Å². The third kappa shape index (κ3) is 6.21. The standard InChI is InChI=1S/C41H28O27/c42-13-1-8(2-14(43)24(13)48)34(54)65-32-30-18-7-62-35(55)9-3-15(44)25(49)28(52)20(9)21-10(4-16(45)26(50)29(21)53)37(57)67-39(63-18)33(32)66-36(56)11-5-17(46)27(51)31-22(11)23-12(38(58)64-30)6-19(47)41(61,68-31)40(23,59)60/h1-6,18,23,30,32-33,39,42-46,48-53,59-61H,7H2/t18-,23+,30-,32+,33-,39+,41+/m1/s1. The fourth-order valence-corrected chi connectivity index (χ4v) is 8.25. The molecule has 0 radical (unpaired) electrons. The molecule has 14 N–H and O–H groups in total. The maximum absolute atomic E-state index is 14.6. The van der Waals surface area contributed by atoms with Crippen LogP contribution in [0.1, 0.15) is 52.9 Å². The highest BCUT2D eigenvalue weighted by molar-refractivity contribution is 6.10. The van der Waals surface area contributed by atoms with Gasteiger partial charge in [-0.1, -0.05) is 0 Å². The van der Waals surface area contributed by atoms with Crippen molar-refractivity contribution in [2.24, 2.45) is 0 Å². The summed E-state index contributed by atoms with van der Waals surface area (Å²) in [6, 6.07) is 2.30. The molecule has 5 aliphatic rings. The van der Waals surface area contributed by atoms with Gasteiger partial charge in [-0.2, -0.15) is 0 Å². The molecule has 68 heavy (non-hydrogen) atoms. The third-order valence-corrected chi connectivity index (χ3v) is 11.5. The lowest BCUT2D eigenvalue weighted by atomic mass is 9.70. The van der Waals surface area contributed by atoms with Crippen molar-refractivity contribution in [1.29, 1.82) is 0 Å². The molecule has 1 saturated heterocycles. The second-order valence-corrected chi connectivity index (χ2v) is 15.5. The number of fused-ring (bicyclic) bond motifs is 10. The zero-order valence-electron chi connectivity index (χ0n) is 33.2. The van der Waals surface area contributed by atoms with Gasteiger partial charge in [0, 0.05) is 16.7 Å². The Balaban J connectivity index is 1.29. The summed E-state index contributed by atoms with van der Waals surface area (Å²) >= 11 is 0. The molecular formula is C41H28O27. The average molecular weight is 953 g/mol. The lowest BCUT2D eigenvalue weighted by Gasteiger charge is -2.49. The molecule has 0 aromatic heterocycles. The number of hydrogen-bond donors (Lipinski definition) is 14. The second kappa shape index (κ2) is 14.8. The molecule has 0 saturated carbocycles. The predicted molar refractivity (Wildman–Crippen MR) is 204 cm³/mol. The summed E-state index contributed by atoms with van der Waals surface area (Å²) in [5.41, 5.74) is -8.45. The molecule has 4 aliphatic heterocycles. The Morgan fingerprint density at radius 2 is 1.10 bits per heavy atom. The van der Waals surface area contributed by atoms with Crippen molar-refractivity contribution in [3.05, 3.63) is 69.8 Å². The van der Waals surface area contributed by atoms with Crippen LogP contribution < -0.4 is 4.74 Å². The minimum Gasteiger partial charge on any atom is -0.504 e. The number of carbonyl (C=O) groups is 6. The number of cyclic esters (lactones) is 1. The Labute approximate surface area is 373 Å². The van der Waals surface area contributed by atoms with Gasteiger partial charge < -0.3 is 105 Å². The topological polar surface area (TPSA) is 450 Å². The van der Waals surface area contributed by atoms with Gasteiger partial charge in [-0.15, -0.1) is 0 Å². The van der Waals surface area contributed by atoms with E-state index in [4.69, 9.17) is 33.2 Å². The van der Waals surface area contributed by atoms with E-state index in [9.17, 15) is 100 Å². The van der Waals surface area contributed by atoms with Crippen molar-refractivity contribution in [2.75, 3.05) is 6.61 Å². The molecule has 1 fully saturated rings. The number of aliphatic hydroxyl groups is 3. The number of hydrogen-bond acceptors (Lipinski definition) is 27. The lowest BCUT2D eigenvalue weighted by molar-refractivity contribution is -0.339. The number of ketones is 1. The molecular weight excluding hydrogens is 924 g/mol. The quantitative estimate of drug-likeness (QED) is 0.0491. The van der Waals surface area contributed by atoms with E-state index in [2.05, 4.69) is 0 Å². The summed E-state index contributed by atoms with van der Waals surface area (Å²) in [5, 5.41) is 150. The summed E-state index contributed by atoms with van der Waals surface area (Å²) < 4.78 is 38.9. The van der Waals surface area contributed by atoms with Gasteiger partial charge in [0.2, 0.25) is 35.4 Å². The van der Waals surface area contributed by atoms with Gasteiger partial charge in [0.1, 0.15) is 12.7 Å². The first-order chi connectivity index (χ1) is 31.9. The molecule has 4 aromatic rings. The van der Waals surface area contributed by atoms with Crippen molar-refractivity contribution < 1.29 is 133 Å². The second-order valence-electron chi connectivity index (χ2n) is 15.5. The maximum Gasteiger partial charge on any atom is 0.341 e. The Bertz CT molecular complexity index is 3020. The van der Waals surface area contributed by atoms with Gasteiger partial charge in [-0.25, -0.2) is 24.0 Å². The van der Waals surface area contributed by atoms with Crippen LogP contribution in [0.4, 0.5) is 0 Å². The van der Waals surface area contributed by atoms with Gasteiger partial charge in [0.05, 0.1) is 33.7 Å². The molecule has 27 heteroatoms. The van der Waals surface area contributed by atoms with Gasteiger partial charge in [-0.3, -0.25) is 4.79 Å².